The summed E-state index contributed by atoms with van der Waals surface area (Å²) in [5.41, 5.74) is 2.30. The summed E-state index contributed by atoms with van der Waals surface area (Å²) in [5, 5.41) is 6.03. The summed E-state index contributed by atoms with van der Waals surface area (Å²) in [7, 11) is 0. The summed E-state index contributed by atoms with van der Waals surface area (Å²) in [6, 6.07) is 8.45. The second-order valence-electron chi connectivity index (χ2n) is 6.64. The van der Waals surface area contributed by atoms with Crippen LogP contribution in [0.5, 0.6) is 0 Å². The predicted molar refractivity (Wildman–Crippen MR) is 85.0 cm³/mol. The van der Waals surface area contributed by atoms with E-state index in [0.29, 0.717) is 19.0 Å². The molecule has 0 bridgehead atoms. The molecule has 1 aromatic rings. The average Bonchev–Trinajstić information content (AvgIpc) is 3.17. The highest BCUT2D eigenvalue weighted by Gasteiger charge is 2.48. The summed E-state index contributed by atoms with van der Waals surface area (Å²) in [4.78, 5) is 24.2. The van der Waals surface area contributed by atoms with E-state index >= 15 is 0 Å². The van der Waals surface area contributed by atoms with Crippen LogP contribution in [-0.4, -0.2) is 17.9 Å². The molecule has 0 aliphatic heterocycles. The van der Waals surface area contributed by atoms with E-state index in [0.717, 1.165) is 18.4 Å². The van der Waals surface area contributed by atoms with Crippen molar-refractivity contribution in [3.05, 3.63) is 35.4 Å². The molecule has 3 rings (SSSR count). The Labute approximate surface area is 131 Å². The number of amides is 2. The molecule has 2 unspecified atom stereocenters. The topological polar surface area (TPSA) is 58.2 Å². The number of carbonyl (C=O) groups is 2. The number of aryl methyl sites for hydroxylation is 1. The fraction of sp³-hybridized carbons (Fsp3) is 0.556. The Bertz CT molecular complexity index is 547. The van der Waals surface area contributed by atoms with Gasteiger partial charge in [0.15, 0.2) is 0 Å². The number of benzene rings is 1. The van der Waals surface area contributed by atoms with Crippen LogP contribution >= 0.6 is 0 Å². The molecule has 2 atom stereocenters. The summed E-state index contributed by atoms with van der Waals surface area (Å²) >= 11 is 0. The van der Waals surface area contributed by atoms with Crippen molar-refractivity contribution in [2.75, 3.05) is 0 Å². The molecule has 4 heteroatoms. The van der Waals surface area contributed by atoms with Crippen LogP contribution < -0.4 is 10.6 Å². The van der Waals surface area contributed by atoms with Gasteiger partial charge in [-0.2, -0.15) is 0 Å². The van der Waals surface area contributed by atoms with Crippen molar-refractivity contribution < 1.29 is 9.59 Å². The maximum Gasteiger partial charge on any atom is 0.224 e. The van der Waals surface area contributed by atoms with E-state index in [1.807, 2.05) is 31.2 Å². The number of rotatable bonds is 5. The molecule has 0 radical (unpaired) electrons. The third-order valence-corrected chi connectivity index (χ3v) is 4.75. The Morgan fingerprint density at radius 2 is 1.68 bits per heavy atom. The highest BCUT2D eigenvalue weighted by Crippen LogP contribution is 2.39. The van der Waals surface area contributed by atoms with Gasteiger partial charge in [0.05, 0.1) is 11.8 Å². The Kier molecular flexibility index (Phi) is 4.46. The smallest absolute Gasteiger partial charge is 0.224 e. The SMILES string of the molecule is Cc1ccc(CNC(=O)C2CC2C(=O)NC2CCCC2)cc1. The quantitative estimate of drug-likeness (QED) is 0.876. The second kappa shape index (κ2) is 6.51. The van der Waals surface area contributed by atoms with Gasteiger partial charge in [-0.25, -0.2) is 0 Å². The zero-order chi connectivity index (χ0) is 15.5. The Hall–Kier alpha value is -1.84. The molecule has 2 aliphatic carbocycles. The van der Waals surface area contributed by atoms with Crippen LogP contribution in [0.25, 0.3) is 0 Å². The van der Waals surface area contributed by atoms with Crippen molar-refractivity contribution in [3.63, 3.8) is 0 Å². The van der Waals surface area contributed by atoms with Crippen molar-refractivity contribution in [1.82, 2.24) is 10.6 Å². The van der Waals surface area contributed by atoms with Crippen LogP contribution in [0.1, 0.15) is 43.2 Å². The lowest BCUT2D eigenvalue weighted by atomic mass is 10.1. The number of nitrogens with one attached hydrogen (secondary N) is 2. The number of hydrogen-bond donors (Lipinski definition) is 2. The minimum atomic E-state index is -0.133. The highest BCUT2D eigenvalue weighted by molar-refractivity contribution is 5.92. The minimum Gasteiger partial charge on any atom is -0.353 e. The fourth-order valence-electron chi connectivity index (χ4n) is 3.18. The van der Waals surface area contributed by atoms with E-state index < -0.39 is 0 Å². The molecule has 2 fully saturated rings. The first-order valence-corrected chi connectivity index (χ1v) is 8.27. The lowest BCUT2D eigenvalue weighted by molar-refractivity contribution is -0.127. The molecular weight excluding hydrogens is 276 g/mol. The normalized spacial score (nSPS) is 24.0. The van der Waals surface area contributed by atoms with E-state index in [4.69, 9.17) is 0 Å². The molecule has 1 aromatic carbocycles. The van der Waals surface area contributed by atoms with Gasteiger partial charge < -0.3 is 10.6 Å². The van der Waals surface area contributed by atoms with Crippen LogP contribution in [0, 0.1) is 18.8 Å². The summed E-state index contributed by atoms with van der Waals surface area (Å²) in [6.45, 7) is 2.58. The summed E-state index contributed by atoms with van der Waals surface area (Å²) in [6.07, 6.45) is 5.27. The molecular formula is C18H24N2O2. The van der Waals surface area contributed by atoms with Crippen LogP contribution in [0.2, 0.25) is 0 Å². The third kappa shape index (κ3) is 3.67. The van der Waals surface area contributed by atoms with E-state index in [9.17, 15) is 9.59 Å². The molecule has 4 nitrogen and oxygen atoms in total. The summed E-state index contributed by atoms with van der Waals surface area (Å²) in [5.74, 6) is -0.167. The molecule has 0 spiro atoms. The molecule has 22 heavy (non-hydrogen) atoms. The number of carbonyl (C=O) groups excluding carboxylic acids is 2. The van der Waals surface area contributed by atoms with Crippen molar-refractivity contribution in [1.29, 1.82) is 0 Å². The average molecular weight is 300 g/mol. The Balaban J connectivity index is 1.42. The van der Waals surface area contributed by atoms with Gasteiger partial charge in [-0.3, -0.25) is 9.59 Å². The van der Waals surface area contributed by atoms with Crippen LogP contribution in [0.3, 0.4) is 0 Å². The van der Waals surface area contributed by atoms with E-state index in [1.165, 1.54) is 18.4 Å². The molecule has 2 N–H and O–H groups in total. The van der Waals surface area contributed by atoms with Crippen LogP contribution in [-0.2, 0) is 16.1 Å². The minimum absolute atomic E-state index is 0.00662. The summed E-state index contributed by atoms with van der Waals surface area (Å²) < 4.78 is 0. The zero-order valence-electron chi connectivity index (χ0n) is 13.1. The van der Waals surface area contributed by atoms with E-state index in [1.54, 1.807) is 0 Å². The van der Waals surface area contributed by atoms with Crippen molar-refractivity contribution >= 4 is 11.8 Å². The molecule has 0 saturated heterocycles. The first-order chi connectivity index (χ1) is 10.6. The van der Waals surface area contributed by atoms with Gasteiger partial charge in [0.2, 0.25) is 11.8 Å². The van der Waals surface area contributed by atoms with E-state index in [-0.39, 0.29) is 23.7 Å². The lowest BCUT2D eigenvalue weighted by Crippen LogP contribution is -2.35. The van der Waals surface area contributed by atoms with Gasteiger partial charge in [0, 0.05) is 12.6 Å². The van der Waals surface area contributed by atoms with Crippen molar-refractivity contribution in [3.8, 4) is 0 Å². The monoisotopic (exact) mass is 300 g/mol. The zero-order valence-corrected chi connectivity index (χ0v) is 13.1. The van der Waals surface area contributed by atoms with Crippen LogP contribution in [0.4, 0.5) is 0 Å². The first-order valence-electron chi connectivity index (χ1n) is 8.27. The van der Waals surface area contributed by atoms with Gasteiger partial charge in [-0.05, 0) is 31.7 Å². The predicted octanol–water partition coefficient (Wildman–Crippen LogP) is 2.31. The highest BCUT2D eigenvalue weighted by atomic mass is 16.2. The molecule has 118 valence electrons. The maximum absolute atomic E-state index is 12.1. The van der Waals surface area contributed by atoms with Crippen LogP contribution in [0.15, 0.2) is 24.3 Å². The van der Waals surface area contributed by atoms with Gasteiger partial charge in [0.25, 0.3) is 0 Å². The standard InChI is InChI=1S/C18H24N2O2/c1-12-6-8-13(9-7-12)11-19-17(21)15-10-16(15)18(22)20-14-4-2-3-5-14/h6-9,14-16H,2-5,10-11H2,1H3,(H,19,21)(H,20,22). The van der Waals surface area contributed by atoms with Gasteiger partial charge in [-0.1, -0.05) is 42.7 Å². The Morgan fingerprint density at radius 3 is 2.36 bits per heavy atom. The molecule has 0 aromatic heterocycles. The molecule has 0 heterocycles. The molecule has 2 saturated carbocycles. The fourth-order valence-corrected chi connectivity index (χ4v) is 3.18. The van der Waals surface area contributed by atoms with E-state index in [2.05, 4.69) is 10.6 Å². The van der Waals surface area contributed by atoms with Gasteiger partial charge >= 0.3 is 0 Å². The largest absolute Gasteiger partial charge is 0.353 e. The number of hydrogen-bond acceptors (Lipinski definition) is 2. The second-order valence-corrected chi connectivity index (χ2v) is 6.64. The van der Waals surface area contributed by atoms with Crippen molar-refractivity contribution in [2.45, 2.75) is 51.6 Å². The molecule has 2 amide bonds. The Morgan fingerprint density at radius 1 is 1.05 bits per heavy atom. The van der Waals surface area contributed by atoms with Gasteiger partial charge in [-0.15, -0.1) is 0 Å². The first kappa shape index (κ1) is 15.1. The van der Waals surface area contributed by atoms with Gasteiger partial charge in [0.1, 0.15) is 0 Å². The molecule has 2 aliphatic rings. The maximum atomic E-state index is 12.1. The third-order valence-electron chi connectivity index (χ3n) is 4.75. The van der Waals surface area contributed by atoms with Crippen molar-refractivity contribution in [2.24, 2.45) is 11.8 Å². The lowest BCUT2D eigenvalue weighted by Gasteiger charge is -2.11.